The lowest BCUT2D eigenvalue weighted by molar-refractivity contribution is -0.137. The Morgan fingerprint density at radius 1 is 0.912 bits per heavy atom. The summed E-state index contributed by atoms with van der Waals surface area (Å²) in [5.74, 6) is -1.42. The molecule has 0 spiro atoms. The van der Waals surface area contributed by atoms with E-state index in [0.717, 1.165) is 28.6 Å². The van der Waals surface area contributed by atoms with Crippen molar-refractivity contribution < 1.29 is 35.5 Å². The first-order valence-corrected chi connectivity index (χ1v) is 12.1. The molecule has 2 aliphatic heterocycles. The summed E-state index contributed by atoms with van der Waals surface area (Å²) in [4.78, 5) is 15.7. The molecule has 0 aliphatic carbocycles. The van der Waals surface area contributed by atoms with Gasteiger partial charge in [0.15, 0.2) is 0 Å². The van der Waals surface area contributed by atoms with Gasteiger partial charge in [-0.3, -0.25) is 4.79 Å². The van der Waals surface area contributed by atoms with Crippen LogP contribution in [0.2, 0.25) is 0 Å². The van der Waals surface area contributed by atoms with E-state index in [2.05, 4.69) is 0 Å². The molecule has 4 rings (SSSR count). The van der Waals surface area contributed by atoms with Crippen LogP contribution in [0.25, 0.3) is 0 Å². The summed E-state index contributed by atoms with van der Waals surface area (Å²) in [5.41, 5.74) is -0.313. The van der Waals surface area contributed by atoms with Gasteiger partial charge in [-0.1, -0.05) is 6.07 Å². The van der Waals surface area contributed by atoms with E-state index < -0.39 is 38.4 Å². The fourth-order valence-corrected chi connectivity index (χ4v) is 5.49. The van der Waals surface area contributed by atoms with Crippen LogP contribution in [0, 0.1) is 5.82 Å². The molecule has 7 nitrogen and oxygen atoms in total. The third-order valence-corrected chi connectivity index (χ3v) is 7.79. The Kier molecular flexibility index (Phi) is 6.83. The molecule has 0 aromatic heterocycles. The highest BCUT2D eigenvalue weighted by Gasteiger charge is 2.32. The summed E-state index contributed by atoms with van der Waals surface area (Å²) in [6.07, 6.45) is -4.45. The molecule has 184 valence electrons. The van der Waals surface area contributed by atoms with E-state index in [-0.39, 0.29) is 45.0 Å². The summed E-state index contributed by atoms with van der Waals surface area (Å²) in [6.45, 7) is 1.64. The number of anilines is 1. The molecule has 2 heterocycles. The largest absolute Gasteiger partial charge is 0.416 e. The number of benzene rings is 2. The fraction of sp³-hybridized carbons (Fsp3) is 0.409. The number of carbonyl (C=O) groups excluding carboxylic acids is 1. The molecule has 0 atom stereocenters. The maximum atomic E-state index is 14.4. The molecule has 2 aliphatic rings. The minimum atomic E-state index is -4.45. The summed E-state index contributed by atoms with van der Waals surface area (Å²) in [7, 11) is -4.13. The molecular formula is C22H23F4N3O4S. The Balaban J connectivity index is 1.47. The van der Waals surface area contributed by atoms with Crippen molar-refractivity contribution in [3.05, 3.63) is 59.4 Å². The third kappa shape index (κ3) is 5.03. The minimum Gasteiger partial charge on any atom is -0.379 e. The molecular weight excluding hydrogens is 478 g/mol. The number of rotatable bonds is 4. The van der Waals surface area contributed by atoms with Crippen LogP contribution in [0.5, 0.6) is 0 Å². The number of piperazine rings is 1. The van der Waals surface area contributed by atoms with Gasteiger partial charge in [-0.2, -0.15) is 17.5 Å². The average molecular weight is 502 g/mol. The highest BCUT2D eigenvalue weighted by atomic mass is 32.2. The highest BCUT2D eigenvalue weighted by Crippen LogP contribution is 2.32. The van der Waals surface area contributed by atoms with Gasteiger partial charge in [0.05, 0.1) is 18.8 Å². The predicted octanol–water partition coefficient (Wildman–Crippen LogP) is 2.83. The third-order valence-electron chi connectivity index (χ3n) is 5.87. The zero-order chi connectivity index (χ0) is 24.5. The van der Waals surface area contributed by atoms with Crippen molar-refractivity contribution in [2.24, 2.45) is 0 Å². The van der Waals surface area contributed by atoms with Gasteiger partial charge in [0.1, 0.15) is 10.7 Å². The Bertz CT molecular complexity index is 1160. The number of morpholine rings is 1. The van der Waals surface area contributed by atoms with Crippen LogP contribution >= 0.6 is 0 Å². The maximum Gasteiger partial charge on any atom is 0.416 e. The van der Waals surface area contributed by atoms with E-state index in [9.17, 15) is 30.8 Å². The summed E-state index contributed by atoms with van der Waals surface area (Å²) < 4.78 is 85.5. The molecule has 2 saturated heterocycles. The summed E-state index contributed by atoms with van der Waals surface area (Å²) in [6, 6.07) is 8.22. The van der Waals surface area contributed by atoms with Crippen molar-refractivity contribution in [2.75, 3.05) is 57.4 Å². The number of ether oxygens (including phenoxy) is 1. The molecule has 2 aromatic rings. The monoisotopic (exact) mass is 501 g/mol. The number of amides is 1. The van der Waals surface area contributed by atoms with Gasteiger partial charge in [-0.25, -0.2) is 12.8 Å². The van der Waals surface area contributed by atoms with Crippen LogP contribution in [-0.2, 0) is 20.9 Å². The summed E-state index contributed by atoms with van der Waals surface area (Å²) in [5, 5.41) is 0. The van der Waals surface area contributed by atoms with Crippen LogP contribution < -0.4 is 4.90 Å². The first-order valence-electron chi connectivity index (χ1n) is 10.7. The van der Waals surface area contributed by atoms with Gasteiger partial charge >= 0.3 is 6.18 Å². The van der Waals surface area contributed by atoms with Crippen LogP contribution in [0.4, 0.5) is 23.2 Å². The lowest BCUT2D eigenvalue weighted by Crippen LogP contribution is -2.49. The van der Waals surface area contributed by atoms with Crippen LogP contribution in [0.15, 0.2) is 47.4 Å². The van der Waals surface area contributed by atoms with Gasteiger partial charge in [-0.15, -0.1) is 0 Å². The SMILES string of the molecule is O=C(c1ccc(F)c(S(=O)(=O)N2CCOCC2)c1)N1CCN(c2cccc(C(F)(F)F)c2)CC1. The molecule has 0 saturated carbocycles. The van der Waals surface area contributed by atoms with Crippen LogP contribution in [0.1, 0.15) is 15.9 Å². The van der Waals surface area contributed by atoms with Crippen molar-refractivity contribution in [1.29, 1.82) is 0 Å². The van der Waals surface area contributed by atoms with E-state index in [4.69, 9.17) is 4.74 Å². The second-order valence-corrected chi connectivity index (χ2v) is 9.90. The number of hydrogen-bond donors (Lipinski definition) is 0. The first-order chi connectivity index (χ1) is 16.1. The van der Waals surface area contributed by atoms with Gasteiger partial charge in [0.25, 0.3) is 5.91 Å². The molecule has 0 bridgehead atoms. The lowest BCUT2D eigenvalue weighted by atomic mass is 10.1. The number of sulfonamides is 1. The molecule has 1 amide bonds. The number of nitrogens with zero attached hydrogens (tertiary/aromatic N) is 3. The molecule has 12 heteroatoms. The van der Waals surface area contributed by atoms with E-state index in [1.54, 1.807) is 11.0 Å². The van der Waals surface area contributed by atoms with Crippen molar-refractivity contribution >= 4 is 21.6 Å². The molecule has 2 fully saturated rings. The van der Waals surface area contributed by atoms with Crippen LogP contribution in [0.3, 0.4) is 0 Å². The molecule has 0 unspecified atom stereocenters. The van der Waals surface area contributed by atoms with Crippen LogP contribution in [-0.4, -0.2) is 76.0 Å². The second kappa shape index (κ2) is 9.51. The number of carbonyl (C=O) groups is 1. The van der Waals surface area contributed by atoms with Gasteiger partial charge in [0.2, 0.25) is 10.0 Å². The van der Waals surface area contributed by atoms with Crippen molar-refractivity contribution in [1.82, 2.24) is 9.21 Å². The Morgan fingerprint density at radius 2 is 1.59 bits per heavy atom. The van der Waals surface area contributed by atoms with Gasteiger partial charge < -0.3 is 14.5 Å². The lowest BCUT2D eigenvalue weighted by Gasteiger charge is -2.36. The fourth-order valence-electron chi connectivity index (χ4n) is 3.99. The van der Waals surface area contributed by atoms with Crippen molar-refractivity contribution in [3.63, 3.8) is 0 Å². The van der Waals surface area contributed by atoms with Crippen molar-refractivity contribution in [3.8, 4) is 0 Å². The summed E-state index contributed by atoms with van der Waals surface area (Å²) >= 11 is 0. The zero-order valence-electron chi connectivity index (χ0n) is 18.1. The van der Waals surface area contributed by atoms with E-state index >= 15 is 0 Å². The van der Waals surface area contributed by atoms with E-state index in [1.165, 1.54) is 17.0 Å². The quantitative estimate of drug-likeness (QED) is 0.603. The van der Waals surface area contributed by atoms with Gasteiger partial charge in [0, 0.05) is 50.5 Å². The minimum absolute atomic E-state index is 0.0285. The molecule has 34 heavy (non-hydrogen) atoms. The number of hydrogen-bond acceptors (Lipinski definition) is 5. The Labute approximate surface area is 194 Å². The molecule has 2 aromatic carbocycles. The zero-order valence-corrected chi connectivity index (χ0v) is 18.9. The van der Waals surface area contributed by atoms with Crippen molar-refractivity contribution in [2.45, 2.75) is 11.1 Å². The molecule has 0 N–H and O–H groups in total. The maximum absolute atomic E-state index is 14.4. The Morgan fingerprint density at radius 3 is 2.24 bits per heavy atom. The average Bonchev–Trinajstić information content (AvgIpc) is 2.84. The van der Waals surface area contributed by atoms with E-state index in [0.29, 0.717) is 18.8 Å². The predicted molar refractivity (Wildman–Crippen MR) is 116 cm³/mol. The molecule has 0 radical (unpaired) electrons. The Hall–Kier alpha value is -2.70. The first kappa shape index (κ1) is 24.4. The van der Waals surface area contributed by atoms with E-state index in [1.807, 2.05) is 0 Å². The number of alkyl halides is 3. The standard InChI is InChI=1S/C22H23F4N3O4S/c23-19-5-4-16(14-20(19)34(31,32)29-10-12-33-13-11-29)21(30)28-8-6-27(7-9-28)18-3-1-2-17(15-18)22(24,25)26/h1-5,14-15H,6-13H2. The second-order valence-electron chi connectivity index (χ2n) is 7.99. The van der Waals surface area contributed by atoms with Gasteiger partial charge in [-0.05, 0) is 36.4 Å². The highest BCUT2D eigenvalue weighted by molar-refractivity contribution is 7.89. The number of halogens is 4. The smallest absolute Gasteiger partial charge is 0.379 e. The normalized spacial score (nSPS) is 18.2. The topological polar surface area (TPSA) is 70.2 Å².